The summed E-state index contributed by atoms with van der Waals surface area (Å²) in [5.74, 6) is -0.715. The highest BCUT2D eigenvalue weighted by atomic mass is 16.7. The van der Waals surface area contributed by atoms with Gasteiger partial charge in [-0.25, -0.2) is 0 Å². The Morgan fingerprint density at radius 1 is 1.35 bits per heavy atom. The minimum Gasteiger partial charge on any atom is -0.394 e. The Bertz CT molecular complexity index is 418. The van der Waals surface area contributed by atoms with Crippen molar-refractivity contribution in [1.82, 2.24) is 10.6 Å². The number of rotatable bonds is 8. The molecule has 0 aliphatic carbocycles. The van der Waals surface area contributed by atoms with Crippen LogP contribution in [0.3, 0.4) is 0 Å². The van der Waals surface area contributed by atoms with Crippen LogP contribution in [-0.4, -0.2) is 77.5 Å². The van der Waals surface area contributed by atoms with Crippen LogP contribution >= 0.6 is 0 Å². The van der Waals surface area contributed by atoms with Crippen LogP contribution in [-0.2, 0) is 19.1 Å². The first-order valence-electron chi connectivity index (χ1n) is 7.32. The number of amides is 2. The lowest BCUT2D eigenvalue weighted by atomic mass is 9.97. The molecule has 0 aromatic rings. The zero-order valence-corrected chi connectivity index (χ0v) is 13.0. The summed E-state index contributed by atoms with van der Waals surface area (Å²) < 4.78 is 10.8. The lowest BCUT2D eigenvalue weighted by Crippen LogP contribution is -2.64. The topological polar surface area (TPSA) is 137 Å². The number of aliphatic hydroxyl groups is 3. The number of hydrogen-bond acceptors (Lipinski definition) is 7. The summed E-state index contributed by atoms with van der Waals surface area (Å²) >= 11 is 0. The molecule has 1 fully saturated rings. The Hall–Kier alpha value is -1.52. The molecule has 5 atom stereocenters. The van der Waals surface area contributed by atoms with Crippen molar-refractivity contribution in [2.24, 2.45) is 0 Å². The van der Waals surface area contributed by atoms with Crippen LogP contribution in [0.2, 0.25) is 0 Å². The lowest BCUT2D eigenvalue weighted by Gasteiger charge is -2.42. The molecule has 1 aliphatic rings. The van der Waals surface area contributed by atoms with Crippen molar-refractivity contribution < 1.29 is 34.4 Å². The van der Waals surface area contributed by atoms with Gasteiger partial charge in [-0.05, 0) is 12.5 Å². The van der Waals surface area contributed by atoms with E-state index in [2.05, 4.69) is 17.2 Å². The van der Waals surface area contributed by atoms with Crippen molar-refractivity contribution in [2.45, 2.75) is 44.0 Å². The summed E-state index contributed by atoms with van der Waals surface area (Å²) in [5, 5.41) is 34.1. The third-order valence-corrected chi connectivity index (χ3v) is 3.34. The Morgan fingerprint density at radius 3 is 2.61 bits per heavy atom. The van der Waals surface area contributed by atoms with Crippen molar-refractivity contribution in [3.05, 3.63) is 12.7 Å². The van der Waals surface area contributed by atoms with Gasteiger partial charge in [-0.3, -0.25) is 9.59 Å². The number of carbonyl (C=O) groups is 2. The van der Waals surface area contributed by atoms with E-state index in [0.717, 1.165) is 6.08 Å². The van der Waals surface area contributed by atoms with E-state index in [0.29, 0.717) is 13.0 Å². The molecule has 23 heavy (non-hydrogen) atoms. The highest BCUT2D eigenvalue weighted by Gasteiger charge is 2.45. The Labute approximate surface area is 134 Å². The first kappa shape index (κ1) is 19.5. The van der Waals surface area contributed by atoms with Gasteiger partial charge >= 0.3 is 0 Å². The monoisotopic (exact) mass is 332 g/mol. The van der Waals surface area contributed by atoms with E-state index in [4.69, 9.17) is 14.6 Å². The number of nitrogens with one attached hydrogen (secondary N) is 2. The lowest BCUT2D eigenvalue weighted by molar-refractivity contribution is -0.270. The van der Waals surface area contributed by atoms with Crippen LogP contribution < -0.4 is 10.6 Å². The summed E-state index contributed by atoms with van der Waals surface area (Å²) in [6.45, 7) is 4.63. The third kappa shape index (κ3) is 5.88. The molecule has 0 aromatic heterocycles. The molecule has 1 aliphatic heterocycles. The van der Waals surface area contributed by atoms with E-state index >= 15 is 0 Å². The molecule has 9 nitrogen and oxygen atoms in total. The zero-order valence-electron chi connectivity index (χ0n) is 13.0. The van der Waals surface area contributed by atoms with Gasteiger partial charge in [0.25, 0.3) is 0 Å². The van der Waals surface area contributed by atoms with Crippen LogP contribution in [0.5, 0.6) is 0 Å². The second-order valence-corrected chi connectivity index (χ2v) is 5.15. The molecule has 1 heterocycles. The van der Waals surface area contributed by atoms with E-state index in [9.17, 15) is 19.8 Å². The van der Waals surface area contributed by atoms with Crippen molar-refractivity contribution in [3.63, 3.8) is 0 Å². The fourth-order valence-electron chi connectivity index (χ4n) is 2.17. The van der Waals surface area contributed by atoms with Gasteiger partial charge in [0, 0.05) is 13.5 Å². The highest BCUT2D eigenvalue weighted by Crippen LogP contribution is 2.22. The molecule has 132 valence electrons. The quantitative estimate of drug-likeness (QED) is 0.248. The van der Waals surface area contributed by atoms with E-state index < -0.39 is 43.2 Å². The largest absolute Gasteiger partial charge is 0.394 e. The standard InChI is InChI=1S/C14H24N2O7/c1-3-10(19)15-5-4-6-22-14-11(16-8(2)18)13(21)12(20)9(7-17)23-14/h3,9,11-14,17,20-21H,1,4-7H2,2H3,(H,15,19)(H,16,18)/t9-,11+,12-,13-,14+/m1/s1. The summed E-state index contributed by atoms with van der Waals surface area (Å²) in [4.78, 5) is 22.2. The number of hydrogen-bond donors (Lipinski definition) is 5. The highest BCUT2D eigenvalue weighted by molar-refractivity contribution is 5.86. The Kier molecular flexibility index (Phi) is 8.13. The summed E-state index contributed by atoms with van der Waals surface area (Å²) in [6, 6.07) is -0.965. The summed E-state index contributed by atoms with van der Waals surface area (Å²) in [7, 11) is 0. The Balaban J connectivity index is 2.54. The third-order valence-electron chi connectivity index (χ3n) is 3.34. The molecular weight excluding hydrogens is 308 g/mol. The molecule has 2 amide bonds. The maximum absolute atomic E-state index is 11.2. The first-order chi connectivity index (χ1) is 10.9. The molecule has 0 radical (unpaired) electrons. The van der Waals surface area contributed by atoms with Gasteiger partial charge in [0.1, 0.15) is 24.4 Å². The molecule has 0 spiro atoms. The van der Waals surface area contributed by atoms with Crippen molar-refractivity contribution in [2.75, 3.05) is 19.8 Å². The van der Waals surface area contributed by atoms with Gasteiger partial charge < -0.3 is 35.4 Å². The molecular formula is C14H24N2O7. The van der Waals surface area contributed by atoms with Gasteiger partial charge in [0.2, 0.25) is 11.8 Å². The molecule has 5 N–H and O–H groups in total. The SMILES string of the molecule is C=CC(=O)NCCCO[C@H]1O[C@H](CO)[C@@H](O)[C@H](O)[C@@H]1NC(C)=O. The van der Waals surface area contributed by atoms with Crippen LogP contribution in [0.4, 0.5) is 0 Å². The number of aliphatic hydroxyl groups excluding tert-OH is 3. The van der Waals surface area contributed by atoms with Crippen molar-refractivity contribution in [3.8, 4) is 0 Å². The predicted octanol–water partition coefficient (Wildman–Crippen LogP) is -2.36. The van der Waals surface area contributed by atoms with Crippen LogP contribution in [0.25, 0.3) is 0 Å². The molecule has 0 bridgehead atoms. The minimum atomic E-state index is -1.34. The fourth-order valence-corrected chi connectivity index (χ4v) is 2.17. The maximum Gasteiger partial charge on any atom is 0.243 e. The van der Waals surface area contributed by atoms with E-state index in [1.54, 1.807) is 0 Å². The minimum absolute atomic E-state index is 0.180. The van der Waals surface area contributed by atoms with Crippen molar-refractivity contribution in [1.29, 1.82) is 0 Å². The van der Waals surface area contributed by atoms with Gasteiger partial charge in [0.05, 0.1) is 13.2 Å². The van der Waals surface area contributed by atoms with Gasteiger partial charge in [-0.2, -0.15) is 0 Å². The van der Waals surface area contributed by atoms with Crippen molar-refractivity contribution >= 4 is 11.8 Å². The number of carbonyl (C=O) groups excluding carboxylic acids is 2. The molecule has 9 heteroatoms. The average molecular weight is 332 g/mol. The average Bonchev–Trinajstić information content (AvgIpc) is 2.52. The molecule has 1 rings (SSSR count). The van der Waals surface area contributed by atoms with Crippen LogP contribution in [0, 0.1) is 0 Å². The van der Waals surface area contributed by atoms with Crippen LogP contribution in [0.1, 0.15) is 13.3 Å². The maximum atomic E-state index is 11.2. The summed E-state index contributed by atoms with van der Waals surface area (Å²) in [5.41, 5.74) is 0. The first-order valence-corrected chi connectivity index (χ1v) is 7.32. The second-order valence-electron chi connectivity index (χ2n) is 5.15. The molecule has 1 saturated heterocycles. The molecule has 0 unspecified atom stereocenters. The fraction of sp³-hybridized carbons (Fsp3) is 0.714. The van der Waals surface area contributed by atoms with Gasteiger partial charge in [0.15, 0.2) is 6.29 Å². The van der Waals surface area contributed by atoms with E-state index in [-0.39, 0.29) is 12.5 Å². The van der Waals surface area contributed by atoms with E-state index in [1.807, 2.05) is 0 Å². The van der Waals surface area contributed by atoms with Gasteiger partial charge in [-0.15, -0.1) is 0 Å². The molecule has 0 aromatic carbocycles. The smallest absolute Gasteiger partial charge is 0.243 e. The normalized spacial score (nSPS) is 30.5. The van der Waals surface area contributed by atoms with Crippen LogP contribution in [0.15, 0.2) is 12.7 Å². The molecule has 0 saturated carbocycles. The van der Waals surface area contributed by atoms with E-state index in [1.165, 1.54) is 6.92 Å². The zero-order chi connectivity index (χ0) is 17.4. The van der Waals surface area contributed by atoms with Gasteiger partial charge in [-0.1, -0.05) is 6.58 Å². The summed E-state index contributed by atoms with van der Waals surface area (Å²) in [6.07, 6.45) is -3.10. The Morgan fingerprint density at radius 2 is 2.04 bits per heavy atom. The predicted molar refractivity (Wildman–Crippen MR) is 79.1 cm³/mol. The second kappa shape index (κ2) is 9.58. The number of ether oxygens (including phenoxy) is 2.